The van der Waals surface area contributed by atoms with Gasteiger partial charge in [0, 0.05) is 5.56 Å². The van der Waals surface area contributed by atoms with Crippen LogP contribution in [0.15, 0.2) is 42.5 Å². The summed E-state index contributed by atoms with van der Waals surface area (Å²) in [7, 11) is 0. The first kappa shape index (κ1) is 13.8. The van der Waals surface area contributed by atoms with Gasteiger partial charge in [0.2, 0.25) is 0 Å². The lowest BCUT2D eigenvalue weighted by atomic mass is 10.1. The second-order valence-electron chi connectivity index (χ2n) is 3.86. The van der Waals surface area contributed by atoms with Crippen LogP contribution in [0.4, 0.5) is 4.39 Å². The van der Waals surface area contributed by atoms with Crippen molar-refractivity contribution in [3.05, 3.63) is 64.4 Å². The minimum atomic E-state index is -0.572. The Morgan fingerprint density at radius 2 is 1.95 bits per heavy atom. The summed E-state index contributed by atoms with van der Waals surface area (Å²) in [4.78, 5) is 0.283. The minimum absolute atomic E-state index is 0.0279. The standard InChI is InChI=1S/C14H11ClFNOS/c15-11-6-3-7-12(13(11)16)18-8-9-4-1-2-5-10(9)14(17)19/h1-7H,8H2,(H2,17,19). The molecule has 0 aliphatic carbocycles. The minimum Gasteiger partial charge on any atom is -0.486 e. The molecule has 19 heavy (non-hydrogen) atoms. The van der Waals surface area contributed by atoms with Crippen LogP contribution in [0.5, 0.6) is 5.75 Å². The molecule has 0 saturated heterocycles. The fraction of sp³-hybridized carbons (Fsp3) is 0.0714. The van der Waals surface area contributed by atoms with Gasteiger partial charge in [-0.3, -0.25) is 0 Å². The highest BCUT2D eigenvalue weighted by molar-refractivity contribution is 7.80. The van der Waals surface area contributed by atoms with Gasteiger partial charge in [-0.05, 0) is 17.7 Å². The Kier molecular flexibility index (Phi) is 4.35. The largest absolute Gasteiger partial charge is 0.486 e. The van der Waals surface area contributed by atoms with E-state index in [-0.39, 0.29) is 22.4 Å². The van der Waals surface area contributed by atoms with E-state index in [0.29, 0.717) is 0 Å². The third-order valence-corrected chi connectivity index (χ3v) is 3.09. The Morgan fingerprint density at radius 1 is 1.21 bits per heavy atom. The molecule has 0 aliphatic rings. The summed E-state index contributed by atoms with van der Waals surface area (Å²) in [5.74, 6) is -0.470. The highest BCUT2D eigenvalue weighted by atomic mass is 35.5. The molecule has 0 unspecified atom stereocenters. The van der Waals surface area contributed by atoms with Gasteiger partial charge >= 0.3 is 0 Å². The average Bonchev–Trinajstić information content (AvgIpc) is 2.40. The summed E-state index contributed by atoms with van der Waals surface area (Å²) in [5.41, 5.74) is 7.14. The van der Waals surface area contributed by atoms with Crippen molar-refractivity contribution in [2.75, 3.05) is 0 Å². The summed E-state index contributed by atoms with van der Waals surface area (Å²) < 4.78 is 19.1. The van der Waals surface area contributed by atoms with E-state index in [1.807, 2.05) is 18.2 Å². The first-order chi connectivity index (χ1) is 9.09. The molecule has 0 amide bonds. The topological polar surface area (TPSA) is 35.2 Å². The lowest BCUT2D eigenvalue weighted by molar-refractivity contribution is 0.290. The highest BCUT2D eigenvalue weighted by Crippen LogP contribution is 2.25. The third kappa shape index (κ3) is 3.22. The average molecular weight is 296 g/mol. The van der Waals surface area contributed by atoms with Crippen molar-refractivity contribution in [1.29, 1.82) is 0 Å². The maximum atomic E-state index is 13.7. The zero-order chi connectivity index (χ0) is 13.8. The highest BCUT2D eigenvalue weighted by Gasteiger charge is 2.09. The van der Waals surface area contributed by atoms with Crippen molar-refractivity contribution in [3.8, 4) is 5.75 Å². The van der Waals surface area contributed by atoms with Crippen LogP contribution in [0.1, 0.15) is 11.1 Å². The molecule has 2 aromatic rings. The molecule has 0 aromatic heterocycles. The Labute approximate surface area is 120 Å². The van der Waals surface area contributed by atoms with Crippen molar-refractivity contribution in [3.63, 3.8) is 0 Å². The van der Waals surface area contributed by atoms with Gasteiger partial charge in [0.05, 0.1) is 5.02 Å². The maximum absolute atomic E-state index is 13.7. The van der Waals surface area contributed by atoms with E-state index < -0.39 is 5.82 Å². The molecule has 2 aromatic carbocycles. The van der Waals surface area contributed by atoms with Gasteiger partial charge < -0.3 is 10.5 Å². The molecular weight excluding hydrogens is 285 g/mol. The van der Waals surface area contributed by atoms with E-state index >= 15 is 0 Å². The molecule has 2 N–H and O–H groups in total. The van der Waals surface area contributed by atoms with Crippen molar-refractivity contribution < 1.29 is 9.13 Å². The monoisotopic (exact) mass is 295 g/mol. The maximum Gasteiger partial charge on any atom is 0.183 e. The molecule has 98 valence electrons. The van der Waals surface area contributed by atoms with Gasteiger partial charge in [-0.25, -0.2) is 4.39 Å². The smallest absolute Gasteiger partial charge is 0.183 e. The van der Waals surface area contributed by atoms with E-state index in [4.69, 9.17) is 34.3 Å². The van der Waals surface area contributed by atoms with Crippen LogP contribution >= 0.6 is 23.8 Å². The second-order valence-corrected chi connectivity index (χ2v) is 4.71. The number of thiocarbonyl (C=S) groups is 1. The van der Waals surface area contributed by atoms with Crippen LogP contribution in [0.3, 0.4) is 0 Å². The van der Waals surface area contributed by atoms with Crippen LogP contribution < -0.4 is 10.5 Å². The molecular formula is C14H11ClFNOS. The third-order valence-electron chi connectivity index (χ3n) is 2.58. The molecule has 2 nitrogen and oxygen atoms in total. The van der Waals surface area contributed by atoms with E-state index in [0.717, 1.165) is 11.1 Å². The number of ether oxygens (including phenoxy) is 1. The fourth-order valence-corrected chi connectivity index (χ4v) is 2.00. The lowest BCUT2D eigenvalue weighted by Gasteiger charge is -2.11. The van der Waals surface area contributed by atoms with E-state index in [1.165, 1.54) is 12.1 Å². The van der Waals surface area contributed by atoms with Crippen LogP contribution in [-0.2, 0) is 6.61 Å². The number of hydrogen-bond donors (Lipinski definition) is 1. The molecule has 5 heteroatoms. The number of rotatable bonds is 4. The number of hydrogen-bond acceptors (Lipinski definition) is 2. The molecule has 0 aliphatic heterocycles. The summed E-state index contributed by atoms with van der Waals surface area (Å²) >= 11 is 10.6. The van der Waals surface area contributed by atoms with E-state index in [1.54, 1.807) is 12.1 Å². The molecule has 0 saturated carbocycles. The van der Waals surface area contributed by atoms with Crippen molar-refractivity contribution in [1.82, 2.24) is 0 Å². The number of halogens is 2. The molecule has 0 fully saturated rings. The predicted molar refractivity (Wildman–Crippen MR) is 78.1 cm³/mol. The Morgan fingerprint density at radius 3 is 2.68 bits per heavy atom. The second kappa shape index (κ2) is 5.99. The van der Waals surface area contributed by atoms with Gasteiger partial charge in [0.25, 0.3) is 0 Å². The number of nitrogens with two attached hydrogens (primary N) is 1. The van der Waals surface area contributed by atoms with Crippen LogP contribution in [0, 0.1) is 5.82 Å². The normalized spacial score (nSPS) is 10.2. The Balaban J connectivity index is 2.19. The number of benzene rings is 2. The quantitative estimate of drug-likeness (QED) is 0.874. The summed E-state index contributed by atoms with van der Waals surface area (Å²) in [6.07, 6.45) is 0. The van der Waals surface area contributed by atoms with Gasteiger partial charge in [-0.15, -0.1) is 0 Å². The molecule has 0 spiro atoms. The lowest BCUT2D eigenvalue weighted by Crippen LogP contribution is -2.13. The molecule has 0 bridgehead atoms. The van der Waals surface area contributed by atoms with Gasteiger partial charge in [-0.1, -0.05) is 54.2 Å². The fourth-order valence-electron chi connectivity index (χ4n) is 1.64. The van der Waals surface area contributed by atoms with Gasteiger partial charge in [0.15, 0.2) is 11.6 Å². The molecule has 0 atom stereocenters. The van der Waals surface area contributed by atoms with Gasteiger partial charge in [-0.2, -0.15) is 0 Å². The van der Waals surface area contributed by atoms with Crippen LogP contribution in [0.25, 0.3) is 0 Å². The Bertz CT molecular complexity index is 618. The Hall–Kier alpha value is -1.65. The SMILES string of the molecule is NC(=S)c1ccccc1COc1cccc(Cl)c1F. The first-order valence-corrected chi connectivity index (χ1v) is 6.32. The van der Waals surface area contributed by atoms with Crippen molar-refractivity contribution in [2.24, 2.45) is 5.73 Å². The molecule has 2 rings (SSSR count). The summed E-state index contributed by atoms with van der Waals surface area (Å²) in [5, 5.41) is 0.0279. The first-order valence-electron chi connectivity index (χ1n) is 5.54. The van der Waals surface area contributed by atoms with Crippen molar-refractivity contribution in [2.45, 2.75) is 6.61 Å². The van der Waals surface area contributed by atoms with E-state index in [9.17, 15) is 4.39 Å². The molecule has 0 heterocycles. The summed E-state index contributed by atoms with van der Waals surface area (Å²) in [6.45, 7) is 0.171. The van der Waals surface area contributed by atoms with Crippen LogP contribution in [0.2, 0.25) is 5.02 Å². The zero-order valence-corrected chi connectivity index (χ0v) is 11.5. The zero-order valence-electron chi connectivity index (χ0n) is 9.90. The molecule has 0 radical (unpaired) electrons. The predicted octanol–water partition coefficient (Wildman–Crippen LogP) is 3.69. The van der Waals surface area contributed by atoms with E-state index in [2.05, 4.69) is 0 Å². The van der Waals surface area contributed by atoms with Crippen molar-refractivity contribution >= 4 is 28.8 Å². The summed E-state index contributed by atoms with van der Waals surface area (Å²) in [6, 6.07) is 11.9. The van der Waals surface area contributed by atoms with Crippen LogP contribution in [-0.4, -0.2) is 4.99 Å². The van der Waals surface area contributed by atoms with Gasteiger partial charge in [0.1, 0.15) is 11.6 Å².